The molecule has 0 aliphatic carbocycles. The summed E-state index contributed by atoms with van der Waals surface area (Å²) in [6.07, 6.45) is 1.52. The van der Waals surface area contributed by atoms with Crippen molar-refractivity contribution in [2.75, 3.05) is 14.1 Å². The van der Waals surface area contributed by atoms with Gasteiger partial charge >= 0.3 is 0 Å². The zero-order chi connectivity index (χ0) is 15.5. The molecule has 0 bridgehead atoms. The third kappa shape index (κ3) is 3.70. The van der Waals surface area contributed by atoms with Crippen LogP contribution in [0.4, 0.5) is 0 Å². The summed E-state index contributed by atoms with van der Waals surface area (Å²) in [7, 11) is -0.277. The quantitative estimate of drug-likeness (QED) is 0.808. The number of nitrogens with zero attached hydrogens (tertiary/aromatic N) is 2. The zero-order valence-corrected chi connectivity index (χ0v) is 14.2. The molecule has 2 aromatic rings. The molecule has 0 aliphatic heterocycles. The fourth-order valence-electron chi connectivity index (χ4n) is 1.93. The van der Waals surface area contributed by atoms with Crippen LogP contribution in [0.1, 0.15) is 11.1 Å². The summed E-state index contributed by atoms with van der Waals surface area (Å²) >= 11 is 3.36. The Kier molecular flexibility index (Phi) is 5.15. The van der Waals surface area contributed by atoms with Crippen LogP contribution in [0.25, 0.3) is 0 Å². The van der Waals surface area contributed by atoms with Gasteiger partial charge in [0.1, 0.15) is 0 Å². The van der Waals surface area contributed by atoms with Gasteiger partial charge in [0.25, 0.3) is 10.0 Å². The van der Waals surface area contributed by atoms with Crippen LogP contribution in [-0.2, 0) is 23.1 Å². The maximum atomic E-state index is 12.6. The van der Waals surface area contributed by atoms with E-state index in [0.717, 1.165) is 10.0 Å². The normalized spacial score (nSPS) is 12.0. The molecular weight excluding hydrogens is 356 g/mol. The summed E-state index contributed by atoms with van der Waals surface area (Å²) in [6.45, 7) is 0.741. The Morgan fingerprint density at radius 2 is 2.00 bits per heavy atom. The number of rotatable bonds is 6. The van der Waals surface area contributed by atoms with Gasteiger partial charge in [0.15, 0.2) is 5.03 Å². The Bertz CT molecular complexity index is 697. The lowest BCUT2D eigenvalue weighted by molar-refractivity contribution is 0.462. The van der Waals surface area contributed by atoms with E-state index in [9.17, 15) is 8.42 Å². The van der Waals surface area contributed by atoms with Crippen LogP contribution in [0.3, 0.4) is 0 Å². The molecule has 0 saturated carbocycles. The Balaban J connectivity index is 2.22. The standard InChI is InChI=1S/C13H17BrN4O2S/c1-15-7-11-8-16-17-13(11)21(19,20)18(2)9-10-3-5-12(14)6-4-10/h3-6,8,15H,7,9H2,1-2H3,(H,16,17). The fourth-order valence-corrected chi connectivity index (χ4v) is 3.45. The van der Waals surface area contributed by atoms with Crippen molar-refractivity contribution in [3.8, 4) is 0 Å². The van der Waals surface area contributed by atoms with E-state index in [-0.39, 0.29) is 5.03 Å². The third-order valence-corrected chi connectivity index (χ3v) is 5.38. The Morgan fingerprint density at radius 3 is 2.62 bits per heavy atom. The van der Waals surface area contributed by atoms with Crippen LogP contribution in [0.2, 0.25) is 0 Å². The van der Waals surface area contributed by atoms with Crippen LogP contribution < -0.4 is 5.32 Å². The number of H-pyrrole nitrogens is 1. The highest BCUT2D eigenvalue weighted by atomic mass is 79.9. The van der Waals surface area contributed by atoms with Gasteiger partial charge in [0.05, 0.1) is 6.20 Å². The van der Waals surface area contributed by atoms with E-state index < -0.39 is 10.0 Å². The van der Waals surface area contributed by atoms with Crippen molar-refractivity contribution in [1.82, 2.24) is 19.8 Å². The number of halogens is 1. The first-order chi connectivity index (χ1) is 9.95. The van der Waals surface area contributed by atoms with Gasteiger partial charge in [-0.15, -0.1) is 0 Å². The Labute approximate surface area is 132 Å². The minimum Gasteiger partial charge on any atom is -0.316 e. The molecule has 0 unspecified atom stereocenters. The van der Waals surface area contributed by atoms with Crippen LogP contribution in [0.15, 0.2) is 40.0 Å². The van der Waals surface area contributed by atoms with E-state index >= 15 is 0 Å². The average molecular weight is 373 g/mol. The van der Waals surface area contributed by atoms with Gasteiger partial charge < -0.3 is 5.32 Å². The molecule has 1 heterocycles. The highest BCUT2D eigenvalue weighted by Crippen LogP contribution is 2.19. The van der Waals surface area contributed by atoms with E-state index in [1.807, 2.05) is 24.3 Å². The molecule has 1 aromatic heterocycles. The first kappa shape index (κ1) is 16.2. The van der Waals surface area contributed by atoms with Gasteiger partial charge in [-0.2, -0.15) is 9.40 Å². The van der Waals surface area contributed by atoms with Gasteiger partial charge in [-0.3, -0.25) is 5.10 Å². The molecule has 0 atom stereocenters. The lowest BCUT2D eigenvalue weighted by atomic mass is 10.2. The van der Waals surface area contributed by atoms with Gasteiger partial charge in [0, 0.05) is 30.2 Å². The second-order valence-corrected chi connectivity index (χ2v) is 7.54. The van der Waals surface area contributed by atoms with E-state index in [0.29, 0.717) is 18.7 Å². The number of benzene rings is 1. The molecule has 0 amide bonds. The van der Waals surface area contributed by atoms with Gasteiger partial charge in [-0.25, -0.2) is 8.42 Å². The van der Waals surface area contributed by atoms with E-state index in [4.69, 9.17) is 0 Å². The van der Waals surface area contributed by atoms with Crippen LogP contribution in [0.5, 0.6) is 0 Å². The molecule has 0 saturated heterocycles. The summed E-state index contributed by atoms with van der Waals surface area (Å²) in [4.78, 5) is 0. The Hall–Kier alpha value is -1.22. The van der Waals surface area contributed by atoms with Gasteiger partial charge in [-0.1, -0.05) is 28.1 Å². The number of hydrogen-bond acceptors (Lipinski definition) is 4. The highest BCUT2D eigenvalue weighted by molar-refractivity contribution is 9.10. The summed E-state index contributed by atoms with van der Waals surface area (Å²) in [6, 6.07) is 7.55. The van der Waals surface area contributed by atoms with E-state index in [2.05, 4.69) is 31.4 Å². The minimum atomic E-state index is -3.59. The van der Waals surface area contributed by atoms with Crippen molar-refractivity contribution < 1.29 is 8.42 Å². The van der Waals surface area contributed by atoms with Crippen molar-refractivity contribution in [2.24, 2.45) is 0 Å². The Morgan fingerprint density at radius 1 is 1.33 bits per heavy atom. The molecule has 2 N–H and O–H groups in total. The molecule has 0 fully saturated rings. The lowest BCUT2D eigenvalue weighted by Crippen LogP contribution is -2.28. The maximum Gasteiger partial charge on any atom is 0.260 e. The number of nitrogens with one attached hydrogen (secondary N) is 2. The van der Waals surface area contributed by atoms with Crippen molar-refractivity contribution in [2.45, 2.75) is 18.1 Å². The minimum absolute atomic E-state index is 0.136. The highest BCUT2D eigenvalue weighted by Gasteiger charge is 2.25. The summed E-state index contributed by atoms with van der Waals surface area (Å²) in [5.41, 5.74) is 1.54. The first-order valence-electron chi connectivity index (χ1n) is 6.32. The molecule has 2 rings (SSSR count). The summed E-state index contributed by atoms with van der Waals surface area (Å²) in [5.74, 6) is 0. The van der Waals surface area contributed by atoms with Crippen LogP contribution >= 0.6 is 15.9 Å². The first-order valence-corrected chi connectivity index (χ1v) is 8.56. The van der Waals surface area contributed by atoms with Gasteiger partial charge in [-0.05, 0) is 24.7 Å². The monoisotopic (exact) mass is 372 g/mol. The molecule has 0 spiro atoms. The summed E-state index contributed by atoms with van der Waals surface area (Å²) in [5, 5.41) is 9.48. The SMILES string of the molecule is CNCc1cn[nH]c1S(=O)(=O)N(C)Cc1ccc(Br)cc1. The van der Waals surface area contributed by atoms with Crippen molar-refractivity contribution in [3.63, 3.8) is 0 Å². The summed E-state index contributed by atoms with van der Waals surface area (Å²) < 4.78 is 27.4. The maximum absolute atomic E-state index is 12.6. The predicted octanol–water partition coefficient (Wildman–Crippen LogP) is 1.71. The number of hydrogen-bond donors (Lipinski definition) is 2. The molecule has 0 radical (unpaired) electrons. The smallest absolute Gasteiger partial charge is 0.260 e. The second kappa shape index (κ2) is 6.69. The molecule has 21 heavy (non-hydrogen) atoms. The largest absolute Gasteiger partial charge is 0.316 e. The van der Waals surface area contributed by atoms with Crippen molar-refractivity contribution in [1.29, 1.82) is 0 Å². The van der Waals surface area contributed by atoms with Gasteiger partial charge in [0.2, 0.25) is 0 Å². The number of sulfonamides is 1. The predicted molar refractivity (Wildman–Crippen MR) is 84.1 cm³/mol. The van der Waals surface area contributed by atoms with Crippen molar-refractivity contribution in [3.05, 3.63) is 46.1 Å². The molecule has 114 valence electrons. The zero-order valence-electron chi connectivity index (χ0n) is 11.8. The second-order valence-electron chi connectivity index (χ2n) is 4.64. The topological polar surface area (TPSA) is 78.1 Å². The molecular formula is C13H17BrN4O2S. The third-order valence-electron chi connectivity index (χ3n) is 3.03. The van der Waals surface area contributed by atoms with E-state index in [1.54, 1.807) is 14.1 Å². The number of aromatic nitrogens is 2. The van der Waals surface area contributed by atoms with E-state index in [1.165, 1.54) is 10.5 Å². The lowest BCUT2D eigenvalue weighted by Gasteiger charge is -2.17. The van der Waals surface area contributed by atoms with Crippen LogP contribution in [-0.4, -0.2) is 37.0 Å². The molecule has 8 heteroatoms. The molecule has 6 nitrogen and oxygen atoms in total. The number of aromatic amines is 1. The molecule has 0 aliphatic rings. The fraction of sp³-hybridized carbons (Fsp3) is 0.308. The molecule has 1 aromatic carbocycles. The average Bonchev–Trinajstić information content (AvgIpc) is 2.90. The van der Waals surface area contributed by atoms with Crippen molar-refractivity contribution >= 4 is 26.0 Å². The van der Waals surface area contributed by atoms with Crippen LogP contribution in [0, 0.1) is 0 Å².